The fourth-order valence-electron chi connectivity index (χ4n) is 0.692. The van der Waals surface area contributed by atoms with Crippen molar-refractivity contribution in [3.63, 3.8) is 0 Å². The lowest BCUT2D eigenvalue weighted by atomic mass is 10.6. The van der Waals surface area contributed by atoms with Gasteiger partial charge in [0.2, 0.25) is 5.95 Å². The van der Waals surface area contributed by atoms with Gasteiger partial charge in [0.15, 0.2) is 0 Å². The molecule has 0 unspecified atom stereocenters. The largest absolute Gasteiger partial charge is 0.372 e. The third kappa shape index (κ3) is 3.08. The quantitative estimate of drug-likeness (QED) is 0.565. The molecule has 0 aliphatic rings. The standard InChI is InChI=1S/C6H10N4O3/c1-2-13-3-4(11)7-5-8-6(12)10-9-5/h2-3H2,1H3,(H3,7,8,9,10,11,12). The molecule has 3 N–H and O–H groups in total. The van der Waals surface area contributed by atoms with Gasteiger partial charge in [-0.3, -0.25) is 15.1 Å². The summed E-state index contributed by atoms with van der Waals surface area (Å²) in [4.78, 5) is 23.8. The van der Waals surface area contributed by atoms with E-state index in [0.29, 0.717) is 6.61 Å². The Hall–Kier alpha value is -1.63. The molecule has 0 aliphatic carbocycles. The van der Waals surface area contributed by atoms with Crippen molar-refractivity contribution in [1.82, 2.24) is 15.2 Å². The average molecular weight is 186 g/mol. The zero-order valence-electron chi connectivity index (χ0n) is 7.09. The van der Waals surface area contributed by atoms with Gasteiger partial charge in [-0.2, -0.15) is 0 Å². The lowest BCUT2D eigenvalue weighted by Crippen LogP contribution is -2.19. The number of rotatable bonds is 4. The number of ether oxygens (including phenoxy) is 1. The van der Waals surface area contributed by atoms with Crippen molar-refractivity contribution in [2.75, 3.05) is 18.5 Å². The van der Waals surface area contributed by atoms with Crippen LogP contribution in [0.15, 0.2) is 4.79 Å². The Balaban J connectivity index is 2.41. The highest BCUT2D eigenvalue weighted by Gasteiger charge is 2.03. The molecule has 0 atom stereocenters. The predicted octanol–water partition coefficient (Wildman–Crippen LogP) is -0.927. The maximum atomic E-state index is 11.0. The number of hydrogen-bond acceptors (Lipinski definition) is 4. The van der Waals surface area contributed by atoms with Gasteiger partial charge in [0.1, 0.15) is 6.61 Å². The van der Waals surface area contributed by atoms with E-state index in [2.05, 4.69) is 20.5 Å². The molecule has 13 heavy (non-hydrogen) atoms. The summed E-state index contributed by atoms with van der Waals surface area (Å²) >= 11 is 0. The summed E-state index contributed by atoms with van der Waals surface area (Å²) in [5, 5.41) is 7.93. The minimum absolute atomic E-state index is 0.0502. The number of aromatic amines is 2. The Morgan fingerprint density at radius 3 is 3.00 bits per heavy atom. The van der Waals surface area contributed by atoms with E-state index in [4.69, 9.17) is 4.74 Å². The van der Waals surface area contributed by atoms with Gasteiger partial charge >= 0.3 is 5.69 Å². The molecule has 0 aromatic carbocycles. The maximum Gasteiger partial charge on any atom is 0.342 e. The Morgan fingerprint density at radius 1 is 1.69 bits per heavy atom. The van der Waals surface area contributed by atoms with Gasteiger partial charge in [-0.25, -0.2) is 9.89 Å². The molecule has 0 spiro atoms. The molecule has 0 saturated carbocycles. The smallest absolute Gasteiger partial charge is 0.342 e. The average Bonchev–Trinajstić information content (AvgIpc) is 2.48. The van der Waals surface area contributed by atoms with E-state index in [9.17, 15) is 9.59 Å². The molecule has 1 aromatic heterocycles. The number of nitrogens with zero attached hydrogens (tertiary/aromatic N) is 1. The Bertz CT molecular complexity index is 329. The SMILES string of the molecule is CCOCC(=O)Nc1n[nH]c(=O)[nH]1. The highest BCUT2D eigenvalue weighted by Crippen LogP contribution is 1.89. The fraction of sp³-hybridized carbons (Fsp3) is 0.500. The lowest BCUT2D eigenvalue weighted by Gasteiger charge is -1.99. The van der Waals surface area contributed by atoms with Crippen LogP contribution in [0.4, 0.5) is 5.95 Å². The molecular weight excluding hydrogens is 176 g/mol. The zero-order valence-corrected chi connectivity index (χ0v) is 7.09. The first-order valence-electron chi connectivity index (χ1n) is 3.74. The minimum Gasteiger partial charge on any atom is -0.372 e. The molecule has 1 heterocycles. The summed E-state index contributed by atoms with van der Waals surface area (Å²) in [5.41, 5.74) is -0.466. The van der Waals surface area contributed by atoms with Crippen molar-refractivity contribution >= 4 is 11.9 Å². The lowest BCUT2D eigenvalue weighted by molar-refractivity contribution is -0.120. The molecule has 72 valence electrons. The first-order valence-corrected chi connectivity index (χ1v) is 3.74. The van der Waals surface area contributed by atoms with Crippen LogP contribution in [0.5, 0.6) is 0 Å². The summed E-state index contributed by atoms with van der Waals surface area (Å²) in [6.07, 6.45) is 0. The van der Waals surface area contributed by atoms with Crippen molar-refractivity contribution in [1.29, 1.82) is 0 Å². The van der Waals surface area contributed by atoms with E-state index in [1.807, 2.05) is 0 Å². The van der Waals surface area contributed by atoms with Crippen molar-refractivity contribution in [2.24, 2.45) is 0 Å². The Morgan fingerprint density at radius 2 is 2.46 bits per heavy atom. The number of aromatic nitrogens is 3. The van der Waals surface area contributed by atoms with Crippen molar-refractivity contribution < 1.29 is 9.53 Å². The number of hydrogen-bond donors (Lipinski definition) is 3. The van der Waals surface area contributed by atoms with E-state index < -0.39 is 5.69 Å². The van der Waals surface area contributed by atoms with Crippen LogP contribution < -0.4 is 11.0 Å². The summed E-state index contributed by atoms with van der Waals surface area (Å²) in [7, 11) is 0. The Kier molecular flexibility index (Phi) is 3.21. The molecule has 0 saturated heterocycles. The van der Waals surface area contributed by atoms with E-state index in [1.54, 1.807) is 6.92 Å². The van der Waals surface area contributed by atoms with E-state index in [-0.39, 0.29) is 18.5 Å². The number of carbonyl (C=O) groups excluding carboxylic acids is 1. The number of anilines is 1. The van der Waals surface area contributed by atoms with Crippen molar-refractivity contribution in [3.8, 4) is 0 Å². The van der Waals surface area contributed by atoms with Crippen molar-refractivity contribution in [3.05, 3.63) is 10.5 Å². The molecule has 7 heteroatoms. The second-order valence-corrected chi connectivity index (χ2v) is 2.21. The van der Waals surface area contributed by atoms with Crippen LogP contribution in [0.1, 0.15) is 6.92 Å². The van der Waals surface area contributed by atoms with E-state index >= 15 is 0 Å². The molecule has 0 bridgehead atoms. The molecule has 0 fully saturated rings. The van der Waals surface area contributed by atoms with Gasteiger partial charge in [0.05, 0.1) is 0 Å². The number of H-pyrrole nitrogens is 2. The minimum atomic E-state index is -0.466. The fourth-order valence-corrected chi connectivity index (χ4v) is 0.692. The van der Waals surface area contributed by atoms with Crippen LogP contribution in [0, 0.1) is 0 Å². The van der Waals surface area contributed by atoms with Gasteiger partial charge in [0, 0.05) is 6.61 Å². The summed E-state index contributed by atoms with van der Waals surface area (Å²) in [5.74, 6) is -0.265. The summed E-state index contributed by atoms with van der Waals surface area (Å²) in [6, 6.07) is 0. The summed E-state index contributed by atoms with van der Waals surface area (Å²) in [6.45, 7) is 2.19. The van der Waals surface area contributed by atoms with Crippen LogP contribution in [0.2, 0.25) is 0 Å². The second kappa shape index (κ2) is 4.41. The normalized spacial score (nSPS) is 9.92. The highest BCUT2D eigenvalue weighted by atomic mass is 16.5. The molecule has 7 nitrogen and oxygen atoms in total. The number of carbonyl (C=O) groups is 1. The van der Waals surface area contributed by atoms with Gasteiger partial charge in [-0.15, -0.1) is 5.10 Å². The highest BCUT2D eigenvalue weighted by molar-refractivity contribution is 5.89. The molecule has 0 radical (unpaired) electrons. The van der Waals surface area contributed by atoms with Crippen LogP contribution in [-0.4, -0.2) is 34.3 Å². The maximum absolute atomic E-state index is 11.0. The predicted molar refractivity (Wildman–Crippen MR) is 44.3 cm³/mol. The second-order valence-electron chi connectivity index (χ2n) is 2.21. The molecule has 1 aromatic rings. The molecule has 1 amide bonds. The first kappa shape index (κ1) is 9.46. The third-order valence-electron chi connectivity index (χ3n) is 1.20. The van der Waals surface area contributed by atoms with E-state index in [1.165, 1.54) is 0 Å². The van der Waals surface area contributed by atoms with Crippen LogP contribution in [0.25, 0.3) is 0 Å². The number of nitrogens with one attached hydrogen (secondary N) is 3. The van der Waals surface area contributed by atoms with Crippen LogP contribution in [0.3, 0.4) is 0 Å². The van der Waals surface area contributed by atoms with Gasteiger partial charge in [0.25, 0.3) is 5.91 Å². The first-order chi connectivity index (χ1) is 6.22. The third-order valence-corrected chi connectivity index (χ3v) is 1.20. The molecular formula is C6H10N4O3. The van der Waals surface area contributed by atoms with Crippen LogP contribution >= 0.6 is 0 Å². The van der Waals surface area contributed by atoms with E-state index in [0.717, 1.165) is 0 Å². The van der Waals surface area contributed by atoms with Crippen LogP contribution in [-0.2, 0) is 9.53 Å². The van der Waals surface area contributed by atoms with Gasteiger partial charge in [-0.05, 0) is 6.92 Å². The monoisotopic (exact) mass is 186 g/mol. The Labute approximate surface area is 73.5 Å². The zero-order chi connectivity index (χ0) is 9.68. The summed E-state index contributed by atoms with van der Waals surface area (Å²) < 4.78 is 4.83. The van der Waals surface area contributed by atoms with Crippen molar-refractivity contribution in [2.45, 2.75) is 6.92 Å². The topological polar surface area (TPSA) is 99.9 Å². The van der Waals surface area contributed by atoms with Gasteiger partial charge < -0.3 is 4.74 Å². The molecule has 0 aliphatic heterocycles. The molecule has 1 rings (SSSR count). The van der Waals surface area contributed by atoms with Gasteiger partial charge in [-0.1, -0.05) is 0 Å². The number of amides is 1.